The van der Waals surface area contributed by atoms with E-state index in [1.807, 2.05) is 0 Å². The SMILES string of the molecule is CC(C)(C)C(NS(C)(=O)=O)C(=O)N1CCC[C@H](C(=O)O)C1. The van der Waals surface area contributed by atoms with Gasteiger partial charge >= 0.3 is 5.97 Å². The van der Waals surface area contributed by atoms with Crippen LogP contribution in [0.2, 0.25) is 0 Å². The van der Waals surface area contributed by atoms with Crippen LogP contribution >= 0.6 is 0 Å². The van der Waals surface area contributed by atoms with E-state index in [0.29, 0.717) is 19.4 Å². The lowest BCUT2D eigenvalue weighted by molar-refractivity contribution is -0.146. The summed E-state index contributed by atoms with van der Waals surface area (Å²) in [7, 11) is -3.53. The van der Waals surface area contributed by atoms with E-state index in [2.05, 4.69) is 4.72 Å². The molecule has 21 heavy (non-hydrogen) atoms. The van der Waals surface area contributed by atoms with Crippen molar-refractivity contribution in [2.24, 2.45) is 11.3 Å². The minimum atomic E-state index is -3.53. The molecule has 0 radical (unpaired) electrons. The van der Waals surface area contributed by atoms with Crippen LogP contribution < -0.4 is 4.72 Å². The van der Waals surface area contributed by atoms with Crippen LogP contribution in [-0.4, -0.2) is 55.7 Å². The summed E-state index contributed by atoms with van der Waals surface area (Å²) in [5.74, 6) is -1.86. The molecule has 7 nitrogen and oxygen atoms in total. The minimum Gasteiger partial charge on any atom is -0.481 e. The fourth-order valence-corrected chi connectivity index (χ4v) is 3.26. The van der Waals surface area contributed by atoms with Crippen molar-refractivity contribution in [2.45, 2.75) is 39.7 Å². The number of hydrogen-bond acceptors (Lipinski definition) is 4. The third-order valence-electron chi connectivity index (χ3n) is 3.53. The zero-order valence-corrected chi connectivity index (χ0v) is 13.7. The Morgan fingerprint density at radius 1 is 1.33 bits per heavy atom. The van der Waals surface area contributed by atoms with E-state index in [1.54, 1.807) is 20.8 Å². The number of sulfonamides is 1. The number of nitrogens with zero attached hydrogens (tertiary/aromatic N) is 1. The smallest absolute Gasteiger partial charge is 0.308 e. The highest BCUT2D eigenvalue weighted by Gasteiger charge is 2.38. The molecule has 1 rings (SSSR count). The van der Waals surface area contributed by atoms with E-state index in [9.17, 15) is 18.0 Å². The van der Waals surface area contributed by atoms with E-state index in [1.165, 1.54) is 4.90 Å². The Kier molecular flexibility index (Phi) is 5.38. The number of carboxylic acid groups (broad SMARTS) is 1. The Balaban J connectivity index is 2.92. The molecular formula is C13H24N2O5S. The average Bonchev–Trinajstić information content (AvgIpc) is 2.33. The number of carbonyl (C=O) groups is 2. The zero-order valence-electron chi connectivity index (χ0n) is 12.9. The van der Waals surface area contributed by atoms with Crippen molar-refractivity contribution in [3.05, 3.63) is 0 Å². The molecule has 2 N–H and O–H groups in total. The Labute approximate surface area is 125 Å². The molecule has 1 fully saturated rings. The molecule has 8 heteroatoms. The third-order valence-corrected chi connectivity index (χ3v) is 4.19. The van der Waals surface area contributed by atoms with Crippen LogP contribution in [0.25, 0.3) is 0 Å². The maximum Gasteiger partial charge on any atom is 0.308 e. The molecule has 122 valence electrons. The maximum atomic E-state index is 12.6. The van der Waals surface area contributed by atoms with Gasteiger partial charge in [-0.2, -0.15) is 0 Å². The lowest BCUT2D eigenvalue weighted by atomic mass is 9.85. The van der Waals surface area contributed by atoms with Gasteiger partial charge in [-0.1, -0.05) is 20.8 Å². The van der Waals surface area contributed by atoms with Crippen molar-refractivity contribution < 1.29 is 23.1 Å². The molecule has 0 spiro atoms. The first kappa shape index (κ1) is 17.9. The number of likely N-dealkylation sites (tertiary alicyclic amines) is 1. The van der Waals surface area contributed by atoms with Crippen molar-refractivity contribution in [1.82, 2.24) is 9.62 Å². The van der Waals surface area contributed by atoms with Crippen LogP contribution in [-0.2, 0) is 19.6 Å². The number of aliphatic carboxylic acids is 1. The van der Waals surface area contributed by atoms with E-state index in [4.69, 9.17) is 5.11 Å². The monoisotopic (exact) mass is 320 g/mol. The van der Waals surface area contributed by atoms with E-state index >= 15 is 0 Å². The predicted molar refractivity (Wildman–Crippen MR) is 78.2 cm³/mol. The number of carbonyl (C=O) groups excluding carboxylic acids is 1. The van der Waals surface area contributed by atoms with Crippen LogP contribution in [0.1, 0.15) is 33.6 Å². The van der Waals surface area contributed by atoms with Crippen LogP contribution in [0.4, 0.5) is 0 Å². The van der Waals surface area contributed by atoms with Crippen molar-refractivity contribution in [2.75, 3.05) is 19.3 Å². The van der Waals surface area contributed by atoms with Crippen LogP contribution in [0, 0.1) is 11.3 Å². The van der Waals surface area contributed by atoms with Gasteiger partial charge in [0.1, 0.15) is 6.04 Å². The van der Waals surface area contributed by atoms with E-state index < -0.39 is 33.4 Å². The van der Waals surface area contributed by atoms with Gasteiger partial charge in [-0.25, -0.2) is 13.1 Å². The highest BCUT2D eigenvalue weighted by atomic mass is 32.2. The van der Waals surface area contributed by atoms with Gasteiger partial charge in [-0.15, -0.1) is 0 Å². The molecule has 1 heterocycles. The summed E-state index contributed by atoms with van der Waals surface area (Å²) in [6.07, 6.45) is 2.16. The number of nitrogens with one attached hydrogen (secondary N) is 1. The standard InChI is InChI=1S/C13H24N2O5S/c1-13(2,3)10(14-21(4,19)20)11(16)15-7-5-6-9(8-15)12(17)18/h9-10,14H,5-8H2,1-4H3,(H,17,18)/t9-,10?/m0/s1. The highest BCUT2D eigenvalue weighted by Crippen LogP contribution is 2.24. The fraction of sp³-hybridized carbons (Fsp3) is 0.846. The molecular weight excluding hydrogens is 296 g/mol. The lowest BCUT2D eigenvalue weighted by Gasteiger charge is -2.37. The Morgan fingerprint density at radius 2 is 1.90 bits per heavy atom. The molecule has 1 saturated heterocycles. The van der Waals surface area contributed by atoms with Crippen LogP contribution in [0.3, 0.4) is 0 Å². The molecule has 1 aliphatic rings. The molecule has 2 atom stereocenters. The normalized spacial score (nSPS) is 21.9. The molecule has 1 unspecified atom stereocenters. The summed E-state index contributed by atoms with van der Waals surface area (Å²) >= 11 is 0. The summed E-state index contributed by atoms with van der Waals surface area (Å²) in [6.45, 7) is 5.90. The Morgan fingerprint density at radius 3 is 2.33 bits per heavy atom. The van der Waals surface area contributed by atoms with Crippen LogP contribution in [0.15, 0.2) is 0 Å². The van der Waals surface area contributed by atoms with Crippen molar-refractivity contribution >= 4 is 21.9 Å². The summed E-state index contributed by atoms with van der Waals surface area (Å²) in [6, 6.07) is -0.903. The first-order chi connectivity index (χ1) is 9.42. The van der Waals surface area contributed by atoms with Gasteiger partial charge < -0.3 is 10.0 Å². The lowest BCUT2D eigenvalue weighted by Crippen LogP contribution is -2.56. The van der Waals surface area contributed by atoms with E-state index in [-0.39, 0.29) is 12.5 Å². The number of amides is 1. The second-order valence-electron chi connectivity index (χ2n) is 6.65. The van der Waals surface area contributed by atoms with Gasteiger partial charge in [-0.3, -0.25) is 9.59 Å². The third kappa shape index (κ3) is 5.28. The molecule has 0 bridgehead atoms. The number of rotatable bonds is 4. The van der Waals surface area contributed by atoms with Gasteiger partial charge in [0.05, 0.1) is 12.2 Å². The zero-order chi connectivity index (χ0) is 16.4. The Bertz CT molecular complexity index is 509. The quantitative estimate of drug-likeness (QED) is 0.774. The molecule has 0 aromatic rings. The van der Waals surface area contributed by atoms with Gasteiger partial charge in [0.2, 0.25) is 15.9 Å². The summed E-state index contributed by atoms with van der Waals surface area (Å²) in [4.78, 5) is 25.1. The number of carboxylic acids is 1. The second-order valence-corrected chi connectivity index (χ2v) is 8.43. The highest BCUT2D eigenvalue weighted by molar-refractivity contribution is 7.88. The van der Waals surface area contributed by atoms with Gasteiger partial charge in [-0.05, 0) is 18.3 Å². The Hall–Kier alpha value is -1.15. The fourth-order valence-electron chi connectivity index (χ4n) is 2.37. The van der Waals surface area contributed by atoms with Crippen LogP contribution in [0.5, 0.6) is 0 Å². The second kappa shape index (κ2) is 6.31. The largest absolute Gasteiger partial charge is 0.481 e. The summed E-state index contributed by atoms with van der Waals surface area (Å²) in [5.41, 5.74) is -0.601. The molecule has 0 aliphatic carbocycles. The van der Waals surface area contributed by atoms with Gasteiger partial charge in [0.25, 0.3) is 0 Å². The number of piperidine rings is 1. The van der Waals surface area contributed by atoms with E-state index in [0.717, 1.165) is 6.26 Å². The van der Waals surface area contributed by atoms with Crippen molar-refractivity contribution in [3.8, 4) is 0 Å². The molecule has 1 aliphatic heterocycles. The van der Waals surface area contributed by atoms with Gasteiger partial charge in [0, 0.05) is 13.1 Å². The predicted octanol–water partition coefficient (Wildman–Crippen LogP) is 0.274. The molecule has 0 aromatic carbocycles. The molecule has 1 amide bonds. The van der Waals surface area contributed by atoms with Crippen molar-refractivity contribution in [3.63, 3.8) is 0 Å². The first-order valence-electron chi connectivity index (χ1n) is 6.90. The van der Waals surface area contributed by atoms with Crippen molar-refractivity contribution in [1.29, 1.82) is 0 Å². The first-order valence-corrected chi connectivity index (χ1v) is 8.80. The minimum absolute atomic E-state index is 0.131. The summed E-state index contributed by atoms with van der Waals surface area (Å²) < 4.78 is 25.3. The van der Waals surface area contributed by atoms with Gasteiger partial charge in [0.15, 0.2) is 0 Å². The summed E-state index contributed by atoms with van der Waals surface area (Å²) in [5, 5.41) is 9.07. The maximum absolute atomic E-state index is 12.6. The number of hydrogen-bond donors (Lipinski definition) is 2. The topological polar surface area (TPSA) is 104 Å². The molecule has 0 saturated carbocycles. The molecule has 0 aromatic heterocycles. The average molecular weight is 320 g/mol.